The molecule has 82 valence electrons. The maximum atomic E-state index is 11.1. The van der Waals surface area contributed by atoms with E-state index in [4.69, 9.17) is 21.7 Å². The molecule has 0 saturated heterocycles. The summed E-state index contributed by atoms with van der Waals surface area (Å²) in [6, 6.07) is -2.32. The van der Waals surface area contributed by atoms with E-state index in [1.54, 1.807) is 0 Å². The normalized spacial score (nSPS) is 16.9. The van der Waals surface area contributed by atoms with Crippen LogP contribution in [0.4, 0.5) is 0 Å². The number of nitrogens with one attached hydrogen (secondary N) is 1. The van der Waals surface area contributed by atoms with Crippen LogP contribution in [0.25, 0.3) is 0 Å². The predicted octanol–water partition coefficient (Wildman–Crippen LogP) is -3.34. The van der Waals surface area contributed by atoms with Gasteiger partial charge in [-0.1, -0.05) is 0 Å². The molecule has 0 rings (SSSR count). The lowest BCUT2D eigenvalue weighted by molar-refractivity contribution is -0.130. The number of nitrogens with two attached hydrogens (primary N) is 2. The lowest BCUT2D eigenvalue weighted by Crippen LogP contribution is -2.54. The molecule has 2 amide bonds. The van der Waals surface area contributed by atoms with Gasteiger partial charge in [0.25, 0.3) is 0 Å². The van der Waals surface area contributed by atoms with E-state index in [0.29, 0.717) is 0 Å². The van der Waals surface area contributed by atoms with Crippen LogP contribution in [-0.2, 0) is 9.59 Å². The van der Waals surface area contributed by atoms with Gasteiger partial charge in [-0.3, -0.25) is 9.59 Å². The number of carbonyl (C=O) groups is 2. The van der Waals surface area contributed by atoms with Gasteiger partial charge in [-0.2, -0.15) is 0 Å². The van der Waals surface area contributed by atoms with E-state index in [1.165, 1.54) is 6.92 Å². The van der Waals surface area contributed by atoms with E-state index in [0.717, 1.165) is 0 Å². The largest absolute Gasteiger partial charge is 0.394 e. The van der Waals surface area contributed by atoms with E-state index in [2.05, 4.69) is 5.32 Å². The first-order valence-electron chi connectivity index (χ1n) is 4.04. The second-order valence-corrected chi connectivity index (χ2v) is 2.91. The predicted molar refractivity (Wildman–Crippen MR) is 47.9 cm³/mol. The van der Waals surface area contributed by atoms with Gasteiger partial charge < -0.3 is 27.0 Å². The number of aliphatic hydroxyl groups excluding tert-OH is 2. The van der Waals surface area contributed by atoms with E-state index in [1.807, 2.05) is 0 Å². The summed E-state index contributed by atoms with van der Waals surface area (Å²) in [5.74, 6) is -1.60. The van der Waals surface area contributed by atoms with Crippen LogP contribution in [-0.4, -0.2) is 46.8 Å². The van der Waals surface area contributed by atoms with Crippen LogP contribution in [0, 0.1) is 0 Å². The summed E-state index contributed by atoms with van der Waals surface area (Å²) < 4.78 is 0. The number of hydrogen-bond donors (Lipinski definition) is 5. The second kappa shape index (κ2) is 5.53. The molecule has 0 radical (unpaired) electrons. The van der Waals surface area contributed by atoms with Crippen molar-refractivity contribution in [1.29, 1.82) is 0 Å². The molecule has 0 aromatic rings. The zero-order valence-corrected chi connectivity index (χ0v) is 7.80. The van der Waals surface area contributed by atoms with Crippen molar-refractivity contribution in [3.05, 3.63) is 0 Å². The molecule has 7 nitrogen and oxygen atoms in total. The maximum Gasteiger partial charge on any atom is 0.242 e. The van der Waals surface area contributed by atoms with Gasteiger partial charge in [0, 0.05) is 0 Å². The zero-order chi connectivity index (χ0) is 11.3. The van der Waals surface area contributed by atoms with Crippen molar-refractivity contribution in [3.63, 3.8) is 0 Å². The van der Waals surface area contributed by atoms with Crippen LogP contribution in [0.3, 0.4) is 0 Å². The van der Waals surface area contributed by atoms with Gasteiger partial charge in [0.15, 0.2) is 0 Å². The van der Waals surface area contributed by atoms with Crippen LogP contribution in [0.5, 0.6) is 0 Å². The molecule has 0 bridgehead atoms. The molecule has 0 heterocycles. The lowest BCUT2D eigenvalue weighted by Gasteiger charge is -2.18. The summed E-state index contributed by atoms with van der Waals surface area (Å²) in [6.07, 6.45) is -1.04. The maximum absolute atomic E-state index is 11.1. The average molecular weight is 205 g/mol. The summed E-state index contributed by atoms with van der Waals surface area (Å²) in [4.78, 5) is 21.7. The fourth-order valence-corrected chi connectivity index (χ4v) is 0.694. The minimum Gasteiger partial charge on any atom is -0.394 e. The number of primary amides is 1. The molecule has 0 fully saturated rings. The lowest BCUT2D eigenvalue weighted by atomic mass is 10.1. The Labute approximate surface area is 81.1 Å². The van der Waals surface area contributed by atoms with E-state index >= 15 is 0 Å². The Morgan fingerprint density at radius 1 is 1.50 bits per heavy atom. The Bertz CT molecular complexity index is 219. The number of rotatable bonds is 5. The summed E-state index contributed by atoms with van der Waals surface area (Å²) in [5, 5.41) is 19.7. The van der Waals surface area contributed by atoms with Crippen molar-refractivity contribution in [2.75, 3.05) is 6.61 Å². The highest BCUT2D eigenvalue weighted by atomic mass is 16.3. The number of aliphatic hydroxyl groups is 2. The van der Waals surface area contributed by atoms with Gasteiger partial charge in [0.05, 0.1) is 12.7 Å². The summed E-state index contributed by atoms with van der Waals surface area (Å²) >= 11 is 0. The molecule has 0 spiro atoms. The molecule has 7 N–H and O–H groups in total. The standard InChI is InChI=1S/C7H15N3O4/c1-3(12)5(8)7(14)10-4(2-11)6(9)13/h3-5,11-12H,2,8H2,1H3,(H2,9,13)(H,10,14)/t3-,4-,5+/m1/s1. The minimum absolute atomic E-state index is 0.604. The fourth-order valence-electron chi connectivity index (χ4n) is 0.694. The minimum atomic E-state index is -1.17. The summed E-state index contributed by atoms with van der Waals surface area (Å²) in [5.41, 5.74) is 10.1. The smallest absolute Gasteiger partial charge is 0.242 e. The van der Waals surface area contributed by atoms with Crippen molar-refractivity contribution >= 4 is 11.8 Å². The van der Waals surface area contributed by atoms with Crippen LogP contribution in [0.15, 0.2) is 0 Å². The number of amides is 2. The summed E-state index contributed by atoms with van der Waals surface area (Å²) in [7, 11) is 0. The third-order valence-electron chi connectivity index (χ3n) is 1.66. The van der Waals surface area contributed by atoms with Crippen molar-refractivity contribution in [2.24, 2.45) is 11.5 Å². The Hall–Kier alpha value is -1.18. The number of carbonyl (C=O) groups excluding carboxylic acids is 2. The number of hydrogen-bond acceptors (Lipinski definition) is 5. The van der Waals surface area contributed by atoms with Gasteiger partial charge in [0.1, 0.15) is 12.1 Å². The average Bonchev–Trinajstić information content (AvgIpc) is 2.11. The first-order chi connectivity index (χ1) is 6.40. The Morgan fingerprint density at radius 2 is 2.00 bits per heavy atom. The molecule has 0 aliphatic rings. The van der Waals surface area contributed by atoms with Crippen LogP contribution in [0.1, 0.15) is 6.92 Å². The van der Waals surface area contributed by atoms with Gasteiger partial charge >= 0.3 is 0 Å². The van der Waals surface area contributed by atoms with Crippen molar-refractivity contribution in [3.8, 4) is 0 Å². The topological polar surface area (TPSA) is 139 Å². The Kier molecular flexibility index (Phi) is 5.06. The SMILES string of the molecule is C[C@@H](O)[C@H](N)C(=O)N[C@H](CO)C(N)=O. The Morgan fingerprint density at radius 3 is 2.29 bits per heavy atom. The molecular formula is C7H15N3O4. The molecule has 0 saturated carbocycles. The Balaban J connectivity index is 4.22. The zero-order valence-electron chi connectivity index (χ0n) is 7.80. The molecule has 7 heteroatoms. The molecule has 0 aromatic heterocycles. The van der Waals surface area contributed by atoms with Crippen LogP contribution in [0.2, 0.25) is 0 Å². The summed E-state index contributed by atoms with van der Waals surface area (Å²) in [6.45, 7) is 0.732. The quantitative estimate of drug-likeness (QED) is 0.319. The van der Waals surface area contributed by atoms with E-state index < -0.39 is 36.6 Å². The molecule has 0 aromatic carbocycles. The first kappa shape index (κ1) is 12.8. The van der Waals surface area contributed by atoms with E-state index in [9.17, 15) is 9.59 Å². The molecule has 0 aliphatic heterocycles. The van der Waals surface area contributed by atoms with Crippen molar-refractivity contribution in [1.82, 2.24) is 5.32 Å². The molecule has 0 aliphatic carbocycles. The first-order valence-corrected chi connectivity index (χ1v) is 4.04. The highest BCUT2D eigenvalue weighted by Crippen LogP contribution is 1.90. The molecule has 0 unspecified atom stereocenters. The van der Waals surface area contributed by atoms with Gasteiger partial charge in [-0.25, -0.2) is 0 Å². The van der Waals surface area contributed by atoms with Crippen LogP contribution >= 0.6 is 0 Å². The van der Waals surface area contributed by atoms with E-state index in [-0.39, 0.29) is 0 Å². The third kappa shape index (κ3) is 3.69. The molecule has 3 atom stereocenters. The molecular weight excluding hydrogens is 190 g/mol. The highest BCUT2D eigenvalue weighted by molar-refractivity contribution is 5.89. The fraction of sp³-hybridized carbons (Fsp3) is 0.714. The van der Waals surface area contributed by atoms with Crippen molar-refractivity contribution < 1.29 is 19.8 Å². The second-order valence-electron chi connectivity index (χ2n) is 2.91. The van der Waals surface area contributed by atoms with Gasteiger partial charge in [0.2, 0.25) is 11.8 Å². The third-order valence-corrected chi connectivity index (χ3v) is 1.66. The van der Waals surface area contributed by atoms with Crippen LogP contribution < -0.4 is 16.8 Å². The van der Waals surface area contributed by atoms with Gasteiger partial charge in [-0.15, -0.1) is 0 Å². The monoisotopic (exact) mass is 205 g/mol. The highest BCUT2D eigenvalue weighted by Gasteiger charge is 2.23. The van der Waals surface area contributed by atoms with Crippen molar-refractivity contribution in [2.45, 2.75) is 25.1 Å². The van der Waals surface area contributed by atoms with Gasteiger partial charge in [-0.05, 0) is 6.92 Å². The molecule has 14 heavy (non-hydrogen) atoms.